The van der Waals surface area contributed by atoms with Crippen LogP contribution < -0.4 is 5.73 Å². The van der Waals surface area contributed by atoms with E-state index < -0.39 is 0 Å². The van der Waals surface area contributed by atoms with E-state index in [1.165, 1.54) is 4.88 Å². The summed E-state index contributed by atoms with van der Waals surface area (Å²) in [6.07, 6.45) is 2.36. The van der Waals surface area contributed by atoms with E-state index in [0.29, 0.717) is 18.7 Å². The van der Waals surface area contributed by atoms with Crippen LogP contribution in [0.25, 0.3) is 0 Å². The highest BCUT2D eigenvalue weighted by atomic mass is 32.1. The predicted octanol–water partition coefficient (Wildman–Crippen LogP) is 2.64. The lowest BCUT2D eigenvalue weighted by Gasteiger charge is -2.48. The second kappa shape index (κ2) is 5.70. The number of ether oxygens (including phenoxy) is 1. The van der Waals surface area contributed by atoms with Crippen molar-refractivity contribution in [2.45, 2.75) is 44.4 Å². The molecule has 2 heterocycles. The summed E-state index contributed by atoms with van der Waals surface area (Å²) in [6.45, 7) is 5.93. The zero-order chi connectivity index (χ0) is 13.2. The van der Waals surface area contributed by atoms with Crippen molar-refractivity contribution in [1.29, 1.82) is 0 Å². The number of rotatable bonds is 4. The Morgan fingerprint density at radius 3 is 3.00 bits per heavy atom. The summed E-state index contributed by atoms with van der Waals surface area (Å²) in [5.74, 6) is 0. The molecule has 1 aromatic heterocycles. The van der Waals surface area contributed by atoms with Gasteiger partial charge < -0.3 is 10.5 Å². The first kappa shape index (κ1) is 14.0. The second-order valence-corrected chi connectivity index (χ2v) is 6.35. The molecule has 0 aromatic carbocycles. The van der Waals surface area contributed by atoms with Crippen molar-refractivity contribution in [3.8, 4) is 0 Å². The molecule has 3 nitrogen and oxygen atoms in total. The van der Waals surface area contributed by atoms with Gasteiger partial charge in [0.2, 0.25) is 0 Å². The topological polar surface area (TPSA) is 38.5 Å². The van der Waals surface area contributed by atoms with Gasteiger partial charge in [-0.25, -0.2) is 0 Å². The Kier molecular flexibility index (Phi) is 4.43. The Morgan fingerprint density at radius 2 is 2.44 bits per heavy atom. The first-order valence-corrected chi connectivity index (χ1v) is 7.55. The highest BCUT2D eigenvalue weighted by molar-refractivity contribution is 7.10. The van der Waals surface area contributed by atoms with Crippen molar-refractivity contribution in [2.24, 2.45) is 5.73 Å². The summed E-state index contributed by atoms with van der Waals surface area (Å²) in [5.41, 5.74) is 6.18. The molecule has 1 fully saturated rings. The van der Waals surface area contributed by atoms with Crippen LogP contribution in [-0.2, 0) is 4.74 Å². The molecule has 0 aliphatic carbocycles. The summed E-state index contributed by atoms with van der Waals surface area (Å²) >= 11 is 1.82. The molecule has 3 atom stereocenters. The number of hydrogen-bond acceptors (Lipinski definition) is 4. The van der Waals surface area contributed by atoms with E-state index in [-0.39, 0.29) is 5.54 Å². The molecule has 0 radical (unpaired) electrons. The van der Waals surface area contributed by atoms with E-state index in [1.54, 1.807) is 0 Å². The molecule has 0 spiro atoms. The summed E-state index contributed by atoms with van der Waals surface area (Å²) in [6, 6.07) is 4.74. The Hall–Kier alpha value is -0.420. The van der Waals surface area contributed by atoms with Gasteiger partial charge in [-0.2, -0.15) is 0 Å². The van der Waals surface area contributed by atoms with Gasteiger partial charge in [0.05, 0.1) is 6.10 Å². The molecule has 1 aliphatic heterocycles. The van der Waals surface area contributed by atoms with E-state index >= 15 is 0 Å². The van der Waals surface area contributed by atoms with Gasteiger partial charge in [-0.15, -0.1) is 11.3 Å². The highest BCUT2D eigenvalue weighted by Gasteiger charge is 2.40. The number of thiophene rings is 1. The molecule has 0 bridgehead atoms. The molecule has 102 valence electrons. The van der Waals surface area contributed by atoms with Crippen LogP contribution >= 0.6 is 11.3 Å². The number of nitrogens with zero attached hydrogens (tertiary/aromatic N) is 1. The molecule has 18 heavy (non-hydrogen) atoms. The van der Waals surface area contributed by atoms with Gasteiger partial charge in [0.1, 0.15) is 0 Å². The summed E-state index contributed by atoms with van der Waals surface area (Å²) in [7, 11) is 2.20. The van der Waals surface area contributed by atoms with Crippen LogP contribution in [0.2, 0.25) is 0 Å². The van der Waals surface area contributed by atoms with Crippen molar-refractivity contribution in [3.05, 3.63) is 22.4 Å². The summed E-state index contributed by atoms with van der Waals surface area (Å²) in [4.78, 5) is 3.86. The SMILES string of the molecule is CC1CC(CN)(N(C)C(C)c2cccs2)CCO1. The molecule has 2 rings (SSSR count). The van der Waals surface area contributed by atoms with Crippen LogP contribution in [0.4, 0.5) is 0 Å². The normalized spacial score (nSPS) is 30.6. The molecule has 1 saturated heterocycles. The molecule has 4 heteroatoms. The van der Waals surface area contributed by atoms with Crippen LogP contribution in [0.3, 0.4) is 0 Å². The minimum atomic E-state index is 0.0844. The lowest BCUT2D eigenvalue weighted by atomic mass is 9.84. The largest absolute Gasteiger partial charge is 0.378 e. The quantitative estimate of drug-likeness (QED) is 0.912. The smallest absolute Gasteiger partial charge is 0.0565 e. The summed E-state index contributed by atoms with van der Waals surface area (Å²) in [5, 5.41) is 2.14. The van der Waals surface area contributed by atoms with E-state index in [2.05, 4.69) is 43.3 Å². The van der Waals surface area contributed by atoms with E-state index in [9.17, 15) is 0 Å². The first-order valence-electron chi connectivity index (χ1n) is 6.67. The van der Waals surface area contributed by atoms with Gasteiger partial charge in [0, 0.05) is 29.6 Å². The maximum Gasteiger partial charge on any atom is 0.0565 e. The van der Waals surface area contributed by atoms with Gasteiger partial charge in [0.25, 0.3) is 0 Å². The number of likely N-dealkylation sites (N-methyl/N-ethyl adjacent to an activating group) is 1. The van der Waals surface area contributed by atoms with Crippen LogP contribution in [0, 0.1) is 0 Å². The zero-order valence-electron chi connectivity index (χ0n) is 11.6. The predicted molar refractivity (Wildman–Crippen MR) is 76.9 cm³/mol. The minimum absolute atomic E-state index is 0.0844. The molecule has 0 saturated carbocycles. The molecule has 0 amide bonds. The van der Waals surface area contributed by atoms with E-state index in [0.717, 1.165) is 19.4 Å². The monoisotopic (exact) mass is 268 g/mol. The first-order chi connectivity index (χ1) is 8.59. The molecule has 1 aliphatic rings. The van der Waals surface area contributed by atoms with Gasteiger partial charge in [-0.3, -0.25) is 4.90 Å². The molecule has 1 aromatic rings. The molecule has 3 unspecified atom stereocenters. The van der Waals surface area contributed by atoms with Crippen LogP contribution in [0.15, 0.2) is 17.5 Å². The zero-order valence-corrected chi connectivity index (χ0v) is 12.4. The molecule has 2 N–H and O–H groups in total. The fourth-order valence-corrected chi connectivity index (χ4v) is 3.75. The standard InChI is InChI=1S/C14H24N2OS/c1-11-9-14(10-15,6-7-17-11)16(3)12(2)13-5-4-8-18-13/h4-5,8,11-12H,6-7,9-10,15H2,1-3H3. The average molecular weight is 268 g/mol. The third-order valence-electron chi connectivity index (χ3n) is 4.30. The fraction of sp³-hybridized carbons (Fsp3) is 0.714. The third-order valence-corrected chi connectivity index (χ3v) is 5.34. The van der Waals surface area contributed by atoms with Crippen molar-refractivity contribution >= 4 is 11.3 Å². The second-order valence-electron chi connectivity index (χ2n) is 5.37. The van der Waals surface area contributed by atoms with Crippen LogP contribution in [-0.4, -0.2) is 36.7 Å². The molecular formula is C14H24N2OS. The Bertz CT molecular complexity index is 368. The van der Waals surface area contributed by atoms with Gasteiger partial charge >= 0.3 is 0 Å². The lowest BCUT2D eigenvalue weighted by molar-refractivity contribution is -0.0662. The summed E-state index contributed by atoms with van der Waals surface area (Å²) < 4.78 is 5.68. The molecular weight excluding hydrogens is 244 g/mol. The van der Waals surface area contributed by atoms with Crippen molar-refractivity contribution in [2.75, 3.05) is 20.2 Å². The van der Waals surface area contributed by atoms with Crippen molar-refractivity contribution in [3.63, 3.8) is 0 Å². The third kappa shape index (κ3) is 2.62. The minimum Gasteiger partial charge on any atom is -0.378 e. The highest BCUT2D eigenvalue weighted by Crippen LogP contribution is 2.36. The maximum absolute atomic E-state index is 6.10. The lowest BCUT2D eigenvalue weighted by Crippen LogP contribution is -2.57. The van der Waals surface area contributed by atoms with Crippen LogP contribution in [0.5, 0.6) is 0 Å². The van der Waals surface area contributed by atoms with E-state index in [1.807, 2.05) is 11.3 Å². The van der Waals surface area contributed by atoms with Crippen molar-refractivity contribution < 1.29 is 4.74 Å². The van der Waals surface area contributed by atoms with Crippen molar-refractivity contribution in [1.82, 2.24) is 4.90 Å². The van der Waals surface area contributed by atoms with Crippen LogP contribution in [0.1, 0.15) is 37.6 Å². The van der Waals surface area contributed by atoms with Gasteiger partial charge in [0.15, 0.2) is 0 Å². The number of hydrogen-bond donors (Lipinski definition) is 1. The van der Waals surface area contributed by atoms with E-state index in [4.69, 9.17) is 10.5 Å². The van der Waals surface area contributed by atoms with Gasteiger partial charge in [-0.1, -0.05) is 6.07 Å². The number of nitrogens with two attached hydrogens (primary N) is 1. The Labute approximate surface area is 114 Å². The Morgan fingerprint density at radius 1 is 1.67 bits per heavy atom. The Balaban J connectivity index is 2.16. The average Bonchev–Trinajstić information content (AvgIpc) is 2.90. The fourth-order valence-electron chi connectivity index (χ4n) is 2.93. The van der Waals surface area contributed by atoms with Gasteiger partial charge in [-0.05, 0) is 45.2 Å². The maximum atomic E-state index is 6.10.